The van der Waals surface area contributed by atoms with Gasteiger partial charge in [0.15, 0.2) is 5.82 Å². The number of benzene rings is 1. The molecule has 1 aromatic carbocycles. The number of rotatable bonds is 3. The van der Waals surface area contributed by atoms with Crippen molar-refractivity contribution in [2.45, 2.75) is 0 Å². The Labute approximate surface area is 113 Å². The third-order valence-electron chi connectivity index (χ3n) is 2.37. The molecule has 0 aliphatic heterocycles. The molecule has 0 atom stereocenters. The number of halogens is 1. The molecule has 0 saturated carbocycles. The number of aryl methyl sites for hydroxylation is 1. The van der Waals surface area contributed by atoms with Crippen LogP contribution in [0.15, 0.2) is 34.9 Å². The minimum atomic E-state index is -0.211. The molecular weight excluding hydrogens is 298 g/mol. The molecular formula is C12H12BrN3O2. The maximum absolute atomic E-state index is 12.0. The van der Waals surface area contributed by atoms with E-state index in [2.05, 4.69) is 26.3 Å². The fraction of sp³-hybridized carbons (Fsp3) is 0.167. The van der Waals surface area contributed by atoms with Crippen LogP contribution in [0.1, 0.15) is 10.4 Å². The maximum Gasteiger partial charge on any atom is 0.256 e. The van der Waals surface area contributed by atoms with Crippen molar-refractivity contribution in [3.8, 4) is 5.75 Å². The summed E-state index contributed by atoms with van der Waals surface area (Å²) in [6, 6.07) is 6.87. The Bertz CT molecular complexity index is 580. The predicted molar refractivity (Wildman–Crippen MR) is 71.9 cm³/mol. The van der Waals surface area contributed by atoms with Gasteiger partial charge in [0.05, 0.1) is 11.6 Å². The molecule has 0 radical (unpaired) electrons. The van der Waals surface area contributed by atoms with Gasteiger partial charge in [-0.15, -0.1) is 0 Å². The number of nitrogens with one attached hydrogen (secondary N) is 1. The average molecular weight is 310 g/mol. The summed E-state index contributed by atoms with van der Waals surface area (Å²) in [5.74, 6) is 0.996. The quantitative estimate of drug-likeness (QED) is 0.947. The van der Waals surface area contributed by atoms with E-state index in [0.29, 0.717) is 17.1 Å². The van der Waals surface area contributed by atoms with Crippen LogP contribution in [0, 0.1) is 0 Å². The van der Waals surface area contributed by atoms with Crippen molar-refractivity contribution in [2.75, 3.05) is 12.4 Å². The van der Waals surface area contributed by atoms with E-state index < -0.39 is 0 Å². The minimum Gasteiger partial charge on any atom is -0.496 e. The number of ether oxygens (including phenoxy) is 1. The van der Waals surface area contributed by atoms with Crippen molar-refractivity contribution in [2.24, 2.45) is 7.05 Å². The van der Waals surface area contributed by atoms with Crippen LogP contribution in [0.3, 0.4) is 0 Å². The van der Waals surface area contributed by atoms with Gasteiger partial charge in [0.25, 0.3) is 5.91 Å². The largest absolute Gasteiger partial charge is 0.496 e. The van der Waals surface area contributed by atoms with Gasteiger partial charge in [-0.25, -0.2) is 0 Å². The summed E-state index contributed by atoms with van der Waals surface area (Å²) < 4.78 is 7.47. The van der Waals surface area contributed by atoms with Crippen LogP contribution in [0.2, 0.25) is 0 Å². The van der Waals surface area contributed by atoms with Crippen molar-refractivity contribution >= 4 is 27.7 Å². The van der Waals surface area contributed by atoms with E-state index in [1.807, 2.05) is 0 Å². The van der Waals surface area contributed by atoms with E-state index in [1.165, 1.54) is 0 Å². The van der Waals surface area contributed by atoms with Crippen LogP contribution >= 0.6 is 15.9 Å². The highest BCUT2D eigenvalue weighted by atomic mass is 79.9. The lowest BCUT2D eigenvalue weighted by atomic mass is 10.2. The summed E-state index contributed by atoms with van der Waals surface area (Å²) in [6.07, 6.45) is 1.76. The molecule has 0 bridgehead atoms. The van der Waals surface area contributed by atoms with Crippen LogP contribution in [0.5, 0.6) is 5.75 Å². The van der Waals surface area contributed by atoms with Gasteiger partial charge in [-0.1, -0.05) is 0 Å². The number of amides is 1. The molecule has 18 heavy (non-hydrogen) atoms. The van der Waals surface area contributed by atoms with Gasteiger partial charge in [0.1, 0.15) is 5.75 Å². The van der Waals surface area contributed by atoms with Gasteiger partial charge < -0.3 is 10.1 Å². The Morgan fingerprint density at radius 3 is 2.78 bits per heavy atom. The van der Waals surface area contributed by atoms with Gasteiger partial charge in [0, 0.05) is 24.9 Å². The molecule has 1 heterocycles. The molecule has 0 aliphatic carbocycles. The summed E-state index contributed by atoms with van der Waals surface area (Å²) >= 11 is 3.34. The Hall–Kier alpha value is -1.82. The number of nitrogens with zero attached hydrogens (tertiary/aromatic N) is 2. The Balaban J connectivity index is 2.16. The average Bonchev–Trinajstić information content (AvgIpc) is 2.74. The number of carbonyl (C=O) groups excluding carboxylic acids is 1. The van der Waals surface area contributed by atoms with E-state index in [1.54, 1.807) is 49.3 Å². The van der Waals surface area contributed by atoms with Crippen LogP contribution in [-0.4, -0.2) is 22.8 Å². The summed E-state index contributed by atoms with van der Waals surface area (Å²) in [5.41, 5.74) is 0.535. The van der Waals surface area contributed by atoms with Gasteiger partial charge in [0.2, 0.25) is 0 Å². The second-order valence-corrected chi connectivity index (χ2v) is 4.53. The number of methoxy groups -OCH3 is 1. The summed E-state index contributed by atoms with van der Waals surface area (Å²) in [4.78, 5) is 12.0. The zero-order valence-electron chi connectivity index (χ0n) is 9.98. The van der Waals surface area contributed by atoms with Gasteiger partial charge in [-0.3, -0.25) is 9.48 Å². The molecule has 1 N–H and O–H groups in total. The molecule has 1 amide bonds. The summed E-state index contributed by atoms with van der Waals surface area (Å²) in [6.45, 7) is 0. The van der Waals surface area contributed by atoms with E-state index in [0.717, 1.165) is 4.47 Å². The summed E-state index contributed by atoms with van der Waals surface area (Å²) in [5, 5.41) is 6.79. The highest BCUT2D eigenvalue weighted by Gasteiger charge is 2.10. The van der Waals surface area contributed by atoms with Crippen LogP contribution in [-0.2, 0) is 7.05 Å². The second-order valence-electron chi connectivity index (χ2n) is 3.68. The fourth-order valence-electron chi connectivity index (χ4n) is 1.48. The van der Waals surface area contributed by atoms with Crippen LogP contribution in [0.25, 0.3) is 0 Å². The first-order valence-corrected chi connectivity index (χ1v) is 6.04. The van der Waals surface area contributed by atoms with Crippen molar-refractivity contribution in [3.63, 3.8) is 0 Å². The lowest BCUT2D eigenvalue weighted by molar-refractivity contribution is 0.102. The Morgan fingerprint density at radius 1 is 1.44 bits per heavy atom. The molecule has 0 fully saturated rings. The summed E-state index contributed by atoms with van der Waals surface area (Å²) in [7, 11) is 3.37. The molecule has 6 heteroatoms. The topological polar surface area (TPSA) is 56.1 Å². The molecule has 0 saturated heterocycles. The van der Waals surface area contributed by atoms with Crippen LogP contribution < -0.4 is 10.1 Å². The van der Waals surface area contributed by atoms with E-state index in [9.17, 15) is 4.79 Å². The standard InChI is InChI=1S/C12H12BrN3O2/c1-16-6-5-11(15-16)14-12(17)8-3-4-10(18-2)9(13)7-8/h3-7H,1-2H3,(H,14,15,17). The third kappa shape index (κ3) is 2.70. The van der Waals surface area contributed by atoms with Crippen molar-refractivity contribution in [1.82, 2.24) is 9.78 Å². The number of hydrogen-bond acceptors (Lipinski definition) is 3. The van der Waals surface area contributed by atoms with Crippen molar-refractivity contribution in [3.05, 3.63) is 40.5 Å². The minimum absolute atomic E-state index is 0.211. The molecule has 0 spiro atoms. The highest BCUT2D eigenvalue weighted by Crippen LogP contribution is 2.25. The van der Waals surface area contributed by atoms with E-state index >= 15 is 0 Å². The van der Waals surface area contributed by atoms with Gasteiger partial charge >= 0.3 is 0 Å². The van der Waals surface area contributed by atoms with Gasteiger partial charge in [-0.05, 0) is 34.1 Å². The van der Waals surface area contributed by atoms with E-state index in [-0.39, 0.29) is 5.91 Å². The smallest absolute Gasteiger partial charge is 0.256 e. The monoisotopic (exact) mass is 309 g/mol. The maximum atomic E-state index is 12.0. The molecule has 94 valence electrons. The predicted octanol–water partition coefficient (Wildman–Crippen LogP) is 2.44. The lowest BCUT2D eigenvalue weighted by Crippen LogP contribution is -2.12. The zero-order valence-corrected chi connectivity index (χ0v) is 11.6. The Morgan fingerprint density at radius 2 is 2.22 bits per heavy atom. The third-order valence-corrected chi connectivity index (χ3v) is 2.99. The van der Waals surface area contributed by atoms with Gasteiger partial charge in [-0.2, -0.15) is 5.10 Å². The number of anilines is 1. The first-order chi connectivity index (χ1) is 8.60. The second kappa shape index (κ2) is 5.22. The fourth-order valence-corrected chi connectivity index (χ4v) is 2.02. The van der Waals surface area contributed by atoms with E-state index in [4.69, 9.17) is 4.74 Å². The molecule has 2 rings (SSSR count). The normalized spacial score (nSPS) is 10.2. The SMILES string of the molecule is COc1ccc(C(=O)Nc2ccn(C)n2)cc1Br. The Kier molecular flexibility index (Phi) is 3.66. The first kappa shape index (κ1) is 12.6. The van der Waals surface area contributed by atoms with Crippen molar-refractivity contribution < 1.29 is 9.53 Å². The lowest BCUT2D eigenvalue weighted by Gasteiger charge is -2.06. The molecule has 2 aromatic rings. The van der Waals surface area contributed by atoms with Crippen LogP contribution in [0.4, 0.5) is 5.82 Å². The molecule has 0 aliphatic rings. The number of hydrogen-bond donors (Lipinski definition) is 1. The molecule has 1 aromatic heterocycles. The molecule has 0 unspecified atom stereocenters. The number of carbonyl (C=O) groups is 1. The first-order valence-electron chi connectivity index (χ1n) is 5.24. The zero-order chi connectivity index (χ0) is 13.1. The molecule has 5 nitrogen and oxygen atoms in total. The highest BCUT2D eigenvalue weighted by molar-refractivity contribution is 9.10. The van der Waals surface area contributed by atoms with Crippen molar-refractivity contribution in [1.29, 1.82) is 0 Å². The number of aromatic nitrogens is 2.